The summed E-state index contributed by atoms with van der Waals surface area (Å²) in [4.78, 5) is 6.99. The topological polar surface area (TPSA) is 41.3 Å². The van der Waals surface area contributed by atoms with Crippen molar-refractivity contribution in [1.29, 1.82) is 0 Å². The molecule has 3 unspecified atom stereocenters. The number of imidazole rings is 1. The van der Waals surface area contributed by atoms with Crippen molar-refractivity contribution in [2.75, 3.05) is 13.1 Å². The van der Waals surface area contributed by atoms with Gasteiger partial charge in [0.15, 0.2) is 0 Å². The van der Waals surface area contributed by atoms with E-state index in [4.69, 9.17) is 0 Å². The van der Waals surface area contributed by atoms with Crippen LogP contribution in [0.2, 0.25) is 0 Å². The van der Waals surface area contributed by atoms with Gasteiger partial charge in [0.05, 0.1) is 6.10 Å². The van der Waals surface area contributed by atoms with E-state index in [-0.39, 0.29) is 6.10 Å². The molecule has 0 amide bonds. The quantitative estimate of drug-likeness (QED) is 0.897. The first-order valence-electron chi connectivity index (χ1n) is 7.64. The van der Waals surface area contributed by atoms with Gasteiger partial charge in [-0.2, -0.15) is 0 Å². The average molecular weight is 263 g/mol. The number of aliphatic hydroxyl groups excluding tert-OH is 1. The first-order valence-corrected chi connectivity index (χ1v) is 7.64. The summed E-state index contributed by atoms with van der Waals surface area (Å²) in [5, 5.41) is 10.1. The lowest BCUT2D eigenvalue weighted by Crippen LogP contribution is -2.40. The maximum atomic E-state index is 10.1. The standard InChI is InChI=1S/C15H25N3O/c1-17-11-8-16-15(17)7-10-18-9-3-5-13(18)12-4-2-6-14(12)19/h8,11-14,19H,2-7,9-10H2,1H3. The summed E-state index contributed by atoms with van der Waals surface area (Å²) < 4.78 is 2.11. The van der Waals surface area contributed by atoms with E-state index in [0.717, 1.165) is 25.2 Å². The molecule has 2 aliphatic rings. The molecule has 3 rings (SSSR count). The summed E-state index contributed by atoms with van der Waals surface area (Å²) in [5.74, 6) is 1.68. The van der Waals surface area contributed by atoms with Gasteiger partial charge in [0.2, 0.25) is 0 Å². The second kappa shape index (κ2) is 5.63. The Kier molecular flexibility index (Phi) is 3.89. The highest BCUT2D eigenvalue weighted by Gasteiger charge is 2.37. The summed E-state index contributed by atoms with van der Waals surface area (Å²) in [6.45, 7) is 2.27. The molecule has 0 spiro atoms. The van der Waals surface area contributed by atoms with E-state index in [9.17, 15) is 5.11 Å². The molecular weight excluding hydrogens is 238 g/mol. The first-order chi connectivity index (χ1) is 9.25. The molecule has 0 bridgehead atoms. The van der Waals surface area contributed by atoms with Gasteiger partial charge in [-0.25, -0.2) is 4.98 Å². The van der Waals surface area contributed by atoms with E-state index in [1.54, 1.807) is 0 Å². The number of rotatable bonds is 4. The highest BCUT2D eigenvalue weighted by atomic mass is 16.3. The zero-order chi connectivity index (χ0) is 13.2. The highest BCUT2D eigenvalue weighted by molar-refractivity contribution is 4.95. The van der Waals surface area contributed by atoms with E-state index in [2.05, 4.69) is 21.5 Å². The van der Waals surface area contributed by atoms with Crippen LogP contribution >= 0.6 is 0 Å². The van der Waals surface area contributed by atoms with Crippen LogP contribution in [0.3, 0.4) is 0 Å². The van der Waals surface area contributed by atoms with Crippen LogP contribution < -0.4 is 0 Å². The lowest BCUT2D eigenvalue weighted by atomic mass is 9.94. The molecule has 1 saturated carbocycles. The first kappa shape index (κ1) is 13.1. The predicted molar refractivity (Wildman–Crippen MR) is 74.9 cm³/mol. The fraction of sp³-hybridized carbons (Fsp3) is 0.800. The van der Waals surface area contributed by atoms with Gasteiger partial charge < -0.3 is 9.67 Å². The number of nitrogens with zero attached hydrogens (tertiary/aromatic N) is 3. The number of likely N-dealkylation sites (tertiary alicyclic amines) is 1. The van der Waals surface area contributed by atoms with Gasteiger partial charge in [0, 0.05) is 44.4 Å². The Morgan fingerprint density at radius 1 is 1.32 bits per heavy atom. The Bertz CT molecular complexity index is 417. The Balaban J connectivity index is 1.59. The third-order valence-electron chi connectivity index (χ3n) is 4.98. The van der Waals surface area contributed by atoms with Gasteiger partial charge in [-0.3, -0.25) is 4.90 Å². The summed E-state index contributed by atoms with van der Waals surface area (Å²) >= 11 is 0. The van der Waals surface area contributed by atoms with Gasteiger partial charge in [0.1, 0.15) is 5.82 Å². The third-order valence-corrected chi connectivity index (χ3v) is 4.98. The van der Waals surface area contributed by atoms with Crippen molar-refractivity contribution in [3.05, 3.63) is 18.2 Å². The smallest absolute Gasteiger partial charge is 0.109 e. The van der Waals surface area contributed by atoms with Crippen LogP contribution in [-0.2, 0) is 13.5 Å². The lowest BCUT2D eigenvalue weighted by Gasteiger charge is -2.31. The Morgan fingerprint density at radius 2 is 2.21 bits per heavy atom. The van der Waals surface area contributed by atoms with E-state index >= 15 is 0 Å². The Labute approximate surface area is 115 Å². The second-order valence-electron chi connectivity index (χ2n) is 6.11. The SMILES string of the molecule is Cn1ccnc1CCN1CCCC1C1CCCC1O. The van der Waals surface area contributed by atoms with Crippen molar-refractivity contribution in [3.8, 4) is 0 Å². The maximum absolute atomic E-state index is 10.1. The van der Waals surface area contributed by atoms with E-state index < -0.39 is 0 Å². The number of aromatic nitrogens is 2. The third kappa shape index (κ3) is 2.70. The number of aryl methyl sites for hydroxylation is 1. The van der Waals surface area contributed by atoms with E-state index in [1.807, 2.05) is 12.4 Å². The molecule has 0 radical (unpaired) electrons. The summed E-state index contributed by atoms with van der Waals surface area (Å²) in [5.41, 5.74) is 0. The maximum Gasteiger partial charge on any atom is 0.109 e. The van der Waals surface area contributed by atoms with Gasteiger partial charge >= 0.3 is 0 Å². The number of hydrogen-bond donors (Lipinski definition) is 1. The normalized spacial score (nSPS) is 32.2. The van der Waals surface area contributed by atoms with Crippen LogP contribution in [0, 0.1) is 5.92 Å². The molecule has 1 saturated heterocycles. The number of aliphatic hydroxyl groups is 1. The van der Waals surface area contributed by atoms with Gasteiger partial charge in [-0.05, 0) is 32.2 Å². The van der Waals surface area contributed by atoms with Crippen molar-refractivity contribution < 1.29 is 5.11 Å². The fourth-order valence-corrected chi connectivity index (χ4v) is 3.91. The summed E-state index contributed by atoms with van der Waals surface area (Å²) in [7, 11) is 2.06. The lowest BCUT2D eigenvalue weighted by molar-refractivity contribution is 0.0749. The molecule has 2 heterocycles. The zero-order valence-electron chi connectivity index (χ0n) is 11.8. The minimum atomic E-state index is -0.0567. The van der Waals surface area contributed by atoms with Gasteiger partial charge in [0.25, 0.3) is 0 Å². The van der Waals surface area contributed by atoms with Crippen molar-refractivity contribution in [2.45, 2.75) is 50.7 Å². The molecule has 2 fully saturated rings. The van der Waals surface area contributed by atoms with E-state index in [1.165, 1.54) is 32.2 Å². The molecule has 1 aliphatic carbocycles. The molecule has 1 aromatic rings. The molecule has 1 aliphatic heterocycles. The largest absolute Gasteiger partial charge is 0.393 e. The molecule has 1 aromatic heterocycles. The molecule has 19 heavy (non-hydrogen) atoms. The summed E-state index contributed by atoms with van der Waals surface area (Å²) in [6.07, 6.45) is 10.8. The highest BCUT2D eigenvalue weighted by Crippen LogP contribution is 2.35. The van der Waals surface area contributed by atoms with Crippen LogP contribution in [0.4, 0.5) is 0 Å². The molecule has 4 heteroatoms. The summed E-state index contributed by atoms with van der Waals surface area (Å²) in [6, 6.07) is 0.609. The van der Waals surface area contributed by atoms with Gasteiger partial charge in [-0.1, -0.05) is 6.42 Å². The fourth-order valence-electron chi connectivity index (χ4n) is 3.91. The minimum Gasteiger partial charge on any atom is -0.393 e. The van der Waals surface area contributed by atoms with Gasteiger partial charge in [-0.15, -0.1) is 0 Å². The van der Waals surface area contributed by atoms with Crippen LogP contribution in [0.25, 0.3) is 0 Å². The van der Waals surface area contributed by atoms with Crippen molar-refractivity contribution in [3.63, 3.8) is 0 Å². The van der Waals surface area contributed by atoms with Crippen molar-refractivity contribution in [2.24, 2.45) is 13.0 Å². The van der Waals surface area contributed by atoms with Crippen LogP contribution in [0.5, 0.6) is 0 Å². The predicted octanol–water partition coefficient (Wildman–Crippen LogP) is 1.59. The molecule has 106 valence electrons. The molecule has 4 nitrogen and oxygen atoms in total. The Hall–Kier alpha value is -0.870. The van der Waals surface area contributed by atoms with Crippen LogP contribution in [-0.4, -0.2) is 44.8 Å². The van der Waals surface area contributed by atoms with Crippen molar-refractivity contribution >= 4 is 0 Å². The van der Waals surface area contributed by atoms with Crippen molar-refractivity contribution in [1.82, 2.24) is 14.5 Å². The minimum absolute atomic E-state index is 0.0567. The Morgan fingerprint density at radius 3 is 2.89 bits per heavy atom. The van der Waals surface area contributed by atoms with Crippen LogP contribution in [0.1, 0.15) is 37.9 Å². The molecule has 1 N–H and O–H groups in total. The van der Waals surface area contributed by atoms with Crippen LogP contribution in [0.15, 0.2) is 12.4 Å². The molecule has 3 atom stereocenters. The van der Waals surface area contributed by atoms with E-state index in [0.29, 0.717) is 12.0 Å². The zero-order valence-corrected chi connectivity index (χ0v) is 11.8. The second-order valence-corrected chi connectivity index (χ2v) is 6.11. The monoisotopic (exact) mass is 263 g/mol. The molecule has 0 aromatic carbocycles. The average Bonchev–Trinajstić information content (AvgIpc) is 3.08. The number of hydrogen-bond acceptors (Lipinski definition) is 3. The molecular formula is C15H25N3O.